The zero-order valence-electron chi connectivity index (χ0n) is 14.0. The third-order valence-corrected chi connectivity index (χ3v) is 5.29. The van der Waals surface area contributed by atoms with Gasteiger partial charge in [-0.15, -0.1) is 0 Å². The highest BCUT2D eigenvalue weighted by Gasteiger charge is 2.23. The van der Waals surface area contributed by atoms with E-state index in [9.17, 15) is 13.2 Å². The molecule has 0 saturated carbocycles. The van der Waals surface area contributed by atoms with Gasteiger partial charge < -0.3 is 5.32 Å². The molecule has 0 aliphatic rings. The van der Waals surface area contributed by atoms with Gasteiger partial charge in [-0.1, -0.05) is 47.0 Å². The molecule has 1 N–H and O–H groups in total. The minimum absolute atomic E-state index is 0.255. The van der Waals surface area contributed by atoms with Gasteiger partial charge in [-0.25, -0.2) is 8.42 Å². The second-order valence-electron chi connectivity index (χ2n) is 5.70. The van der Waals surface area contributed by atoms with Gasteiger partial charge in [0.05, 0.1) is 27.7 Å². The Morgan fingerprint density at radius 1 is 1.12 bits per heavy atom. The van der Waals surface area contributed by atoms with Gasteiger partial charge in [-0.05, 0) is 37.6 Å². The number of nitrogens with one attached hydrogen (secondary N) is 1. The van der Waals surface area contributed by atoms with Gasteiger partial charge in [0.15, 0.2) is 0 Å². The summed E-state index contributed by atoms with van der Waals surface area (Å²) in [6.45, 7) is 3.32. The van der Waals surface area contributed by atoms with Crippen LogP contribution in [-0.4, -0.2) is 27.1 Å². The summed E-state index contributed by atoms with van der Waals surface area (Å²) < 4.78 is 25.4. The van der Waals surface area contributed by atoms with Crippen LogP contribution < -0.4 is 9.62 Å². The number of sulfonamides is 1. The number of anilines is 2. The van der Waals surface area contributed by atoms with Crippen molar-refractivity contribution in [2.24, 2.45) is 0 Å². The SMILES string of the molecule is Cc1ccc(N(CC(=O)Nc2c(Cl)cccc2Cl)S(C)(=O)=O)c(C)c1. The molecule has 0 bridgehead atoms. The average molecular weight is 401 g/mol. The van der Waals surface area contributed by atoms with Crippen LogP contribution in [0.5, 0.6) is 0 Å². The second kappa shape index (κ2) is 7.64. The molecular weight excluding hydrogens is 383 g/mol. The number of hydrogen-bond donors (Lipinski definition) is 1. The molecule has 0 radical (unpaired) electrons. The highest BCUT2D eigenvalue weighted by atomic mass is 35.5. The number of halogens is 2. The largest absolute Gasteiger partial charge is 0.322 e. The predicted octanol–water partition coefficient (Wildman–Crippen LogP) is 4.01. The van der Waals surface area contributed by atoms with Gasteiger partial charge in [0.1, 0.15) is 6.54 Å². The highest BCUT2D eigenvalue weighted by molar-refractivity contribution is 7.92. The molecule has 0 aliphatic carbocycles. The lowest BCUT2D eigenvalue weighted by Gasteiger charge is -2.24. The van der Waals surface area contributed by atoms with Gasteiger partial charge >= 0.3 is 0 Å². The average Bonchev–Trinajstić information content (AvgIpc) is 2.48. The summed E-state index contributed by atoms with van der Waals surface area (Å²) >= 11 is 12.1. The first-order valence-electron chi connectivity index (χ1n) is 7.38. The van der Waals surface area contributed by atoms with E-state index in [1.165, 1.54) is 0 Å². The molecule has 0 unspecified atom stereocenters. The normalized spacial score (nSPS) is 11.2. The monoisotopic (exact) mass is 400 g/mol. The van der Waals surface area contributed by atoms with Crippen molar-refractivity contribution in [3.05, 3.63) is 57.6 Å². The number of rotatable bonds is 5. The molecule has 5 nitrogen and oxygen atoms in total. The molecule has 0 fully saturated rings. The Morgan fingerprint density at radius 2 is 1.72 bits per heavy atom. The van der Waals surface area contributed by atoms with E-state index >= 15 is 0 Å². The van der Waals surface area contributed by atoms with E-state index in [1.807, 2.05) is 13.0 Å². The molecule has 2 aromatic rings. The van der Waals surface area contributed by atoms with Crippen molar-refractivity contribution in [2.75, 3.05) is 22.4 Å². The van der Waals surface area contributed by atoms with E-state index in [1.54, 1.807) is 37.3 Å². The maximum absolute atomic E-state index is 12.4. The summed E-state index contributed by atoms with van der Waals surface area (Å²) in [4.78, 5) is 12.4. The smallest absolute Gasteiger partial charge is 0.245 e. The second-order valence-corrected chi connectivity index (χ2v) is 8.43. The van der Waals surface area contributed by atoms with Crippen molar-refractivity contribution in [1.82, 2.24) is 0 Å². The molecule has 8 heteroatoms. The van der Waals surface area contributed by atoms with E-state index in [0.29, 0.717) is 5.69 Å². The van der Waals surface area contributed by atoms with Crippen molar-refractivity contribution in [2.45, 2.75) is 13.8 Å². The van der Waals surface area contributed by atoms with E-state index < -0.39 is 15.9 Å². The number of hydrogen-bond acceptors (Lipinski definition) is 3. The summed E-state index contributed by atoms with van der Waals surface area (Å²) in [7, 11) is -3.65. The Labute approximate surface area is 157 Å². The van der Waals surface area contributed by atoms with Gasteiger partial charge in [0.2, 0.25) is 15.9 Å². The summed E-state index contributed by atoms with van der Waals surface area (Å²) in [6, 6.07) is 10.2. The van der Waals surface area contributed by atoms with E-state index in [4.69, 9.17) is 23.2 Å². The van der Waals surface area contributed by atoms with Crippen molar-refractivity contribution < 1.29 is 13.2 Å². The van der Waals surface area contributed by atoms with Gasteiger partial charge in [0.25, 0.3) is 0 Å². The van der Waals surface area contributed by atoms with Crippen molar-refractivity contribution in [1.29, 1.82) is 0 Å². The first-order valence-corrected chi connectivity index (χ1v) is 9.99. The van der Waals surface area contributed by atoms with E-state index in [2.05, 4.69) is 5.32 Å². The molecule has 134 valence electrons. The number of benzene rings is 2. The number of amides is 1. The zero-order chi connectivity index (χ0) is 18.8. The van der Waals surface area contributed by atoms with Gasteiger partial charge in [0, 0.05) is 0 Å². The zero-order valence-corrected chi connectivity index (χ0v) is 16.3. The molecule has 0 saturated heterocycles. The number of carbonyl (C=O) groups excluding carboxylic acids is 1. The third kappa shape index (κ3) is 4.87. The van der Waals surface area contributed by atoms with Crippen LogP contribution in [0.15, 0.2) is 36.4 Å². The van der Waals surface area contributed by atoms with E-state index in [-0.39, 0.29) is 22.3 Å². The van der Waals surface area contributed by atoms with E-state index in [0.717, 1.165) is 21.7 Å². The molecule has 2 aromatic carbocycles. The van der Waals surface area contributed by atoms with Gasteiger partial charge in [-0.2, -0.15) is 0 Å². The summed E-state index contributed by atoms with van der Waals surface area (Å²) in [5.41, 5.74) is 2.47. The molecule has 0 spiro atoms. The Hall–Kier alpha value is -1.76. The van der Waals surface area contributed by atoms with Crippen molar-refractivity contribution in [3.63, 3.8) is 0 Å². The van der Waals surface area contributed by atoms with Crippen LogP contribution in [0.25, 0.3) is 0 Å². The highest BCUT2D eigenvalue weighted by Crippen LogP contribution is 2.30. The number of para-hydroxylation sites is 1. The number of carbonyl (C=O) groups is 1. The van der Waals surface area contributed by atoms with Crippen LogP contribution >= 0.6 is 23.2 Å². The topological polar surface area (TPSA) is 66.5 Å². The minimum atomic E-state index is -3.65. The fourth-order valence-corrected chi connectivity index (χ4v) is 3.80. The molecular formula is C17H18Cl2N2O3S. The number of nitrogens with zero attached hydrogens (tertiary/aromatic N) is 1. The van der Waals surface area contributed by atoms with Gasteiger partial charge in [-0.3, -0.25) is 9.10 Å². The van der Waals surface area contributed by atoms with Crippen molar-refractivity contribution >= 4 is 50.5 Å². The fraction of sp³-hybridized carbons (Fsp3) is 0.235. The van der Waals surface area contributed by atoms with Crippen LogP contribution in [0, 0.1) is 13.8 Å². The van der Waals surface area contributed by atoms with Crippen molar-refractivity contribution in [3.8, 4) is 0 Å². The summed E-state index contributed by atoms with van der Waals surface area (Å²) in [5, 5.41) is 3.13. The third-order valence-electron chi connectivity index (χ3n) is 3.54. The number of aryl methyl sites for hydroxylation is 2. The van der Waals surface area contributed by atoms with Crippen LogP contribution in [0.2, 0.25) is 10.0 Å². The Kier molecular flexibility index (Phi) is 5.98. The van der Waals surface area contributed by atoms with Crippen LogP contribution in [-0.2, 0) is 14.8 Å². The molecule has 0 aromatic heterocycles. The first kappa shape index (κ1) is 19.6. The molecule has 1 amide bonds. The maximum Gasteiger partial charge on any atom is 0.245 e. The lowest BCUT2D eigenvalue weighted by molar-refractivity contribution is -0.114. The summed E-state index contributed by atoms with van der Waals surface area (Å²) in [6.07, 6.45) is 1.06. The van der Waals surface area contributed by atoms with Crippen LogP contribution in [0.4, 0.5) is 11.4 Å². The van der Waals surface area contributed by atoms with Crippen LogP contribution in [0.3, 0.4) is 0 Å². The maximum atomic E-state index is 12.4. The lowest BCUT2D eigenvalue weighted by Crippen LogP contribution is -2.38. The Balaban J connectivity index is 2.30. The predicted molar refractivity (Wildman–Crippen MR) is 103 cm³/mol. The summed E-state index contributed by atoms with van der Waals surface area (Å²) in [5.74, 6) is -0.541. The Bertz CT molecular complexity index is 894. The minimum Gasteiger partial charge on any atom is -0.322 e. The molecule has 2 rings (SSSR count). The standard InChI is InChI=1S/C17H18Cl2N2O3S/c1-11-7-8-15(12(2)9-11)21(25(3,23)24)10-16(22)20-17-13(18)5-4-6-14(17)19/h4-9H,10H2,1-3H3,(H,20,22). The quantitative estimate of drug-likeness (QED) is 0.823. The molecule has 0 heterocycles. The molecule has 25 heavy (non-hydrogen) atoms. The first-order chi connectivity index (χ1) is 11.6. The molecule has 0 atom stereocenters. The molecule has 0 aliphatic heterocycles. The Morgan fingerprint density at radius 3 is 2.24 bits per heavy atom. The lowest BCUT2D eigenvalue weighted by atomic mass is 10.1. The fourth-order valence-electron chi connectivity index (χ4n) is 2.39. The van der Waals surface area contributed by atoms with Crippen LogP contribution in [0.1, 0.15) is 11.1 Å².